The molecule has 0 aliphatic carbocycles. The first-order chi connectivity index (χ1) is 10.3. The number of hydrogen-bond acceptors (Lipinski definition) is 3. The third kappa shape index (κ3) is 2.88. The van der Waals surface area contributed by atoms with Gasteiger partial charge in [-0.3, -0.25) is 4.90 Å². The number of piperidine rings is 1. The molecule has 5 heteroatoms. The van der Waals surface area contributed by atoms with E-state index in [0.29, 0.717) is 0 Å². The van der Waals surface area contributed by atoms with Crippen molar-refractivity contribution in [3.05, 3.63) is 28.2 Å². The van der Waals surface area contributed by atoms with Crippen LogP contribution >= 0.6 is 15.9 Å². The number of carbonyl (C=O) groups is 1. The monoisotopic (exact) mass is 366 g/mol. The van der Waals surface area contributed by atoms with Crippen LogP contribution in [0.2, 0.25) is 0 Å². The minimum atomic E-state index is -0.476. The van der Waals surface area contributed by atoms with E-state index in [2.05, 4.69) is 27.3 Å². The highest BCUT2D eigenvalue weighted by Crippen LogP contribution is 2.47. The smallest absolute Gasteiger partial charge is 0.414 e. The number of nitrogens with one attached hydrogen (secondary N) is 1. The van der Waals surface area contributed by atoms with Crippen molar-refractivity contribution in [2.45, 2.75) is 44.6 Å². The zero-order valence-electron chi connectivity index (χ0n) is 13.4. The summed E-state index contributed by atoms with van der Waals surface area (Å²) in [4.78, 5) is 14.4. The summed E-state index contributed by atoms with van der Waals surface area (Å²) in [7, 11) is 0. The Balaban J connectivity index is 1.97. The molecule has 0 unspecified atom stereocenters. The van der Waals surface area contributed by atoms with E-state index in [1.54, 1.807) is 0 Å². The molecular weight excluding hydrogens is 344 g/mol. The third-order valence-electron chi connectivity index (χ3n) is 4.46. The lowest BCUT2D eigenvalue weighted by atomic mass is 9.75. The molecule has 2 heterocycles. The van der Waals surface area contributed by atoms with Crippen LogP contribution in [-0.2, 0) is 10.2 Å². The quantitative estimate of drug-likeness (QED) is 0.758. The van der Waals surface area contributed by atoms with Gasteiger partial charge in [-0.05, 0) is 70.5 Å². The Morgan fingerprint density at radius 1 is 1.32 bits per heavy atom. The highest BCUT2D eigenvalue weighted by Gasteiger charge is 2.46. The van der Waals surface area contributed by atoms with Gasteiger partial charge in [0.05, 0.1) is 5.69 Å². The summed E-state index contributed by atoms with van der Waals surface area (Å²) < 4.78 is 6.67. The van der Waals surface area contributed by atoms with Crippen LogP contribution in [0.5, 0.6) is 0 Å². The molecule has 0 radical (unpaired) electrons. The van der Waals surface area contributed by atoms with E-state index >= 15 is 0 Å². The van der Waals surface area contributed by atoms with Gasteiger partial charge in [0, 0.05) is 16.4 Å². The molecule has 4 nitrogen and oxygen atoms in total. The van der Waals surface area contributed by atoms with Crippen LogP contribution in [0.1, 0.15) is 39.2 Å². The normalized spacial score (nSPS) is 20.1. The highest BCUT2D eigenvalue weighted by atomic mass is 79.9. The lowest BCUT2D eigenvalue weighted by Crippen LogP contribution is -2.45. The predicted molar refractivity (Wildman–Crippen MR) is 91.5 cm³/mol. The van der Waals surface area contributed by atoms with Crippen LogP contribution in [0.3, 0.4) is 0 Å². The van der Waals surface area contributed by atoms with Crippen molar-refractivity contribution in [3.63, 3.8) is 0 Å². The lowest BCUT2D eigenvalue weighted by molar-refractivity contribution is 0.0575. The number of fused-ring (bicyclic) bond motifs is 2. The van der Waals surface area contributed by atoms with E-state index in [4.69, 9.17) is 4.74 Å². The molecule has 1 fully saturated rings. The minimum absolute atomic E-state index is 0.0568. The number of carbonyl (C=O) groups excluding carboxylic acids is 1. The molecule has 1 aromatic rings. The van der Waals surface area contributed by atoms with Gasteiger partial charge in [0.2, 0.25) is 0 Å². The molecule has 2 aliphatic heterocycles. The van der Waals surface area contributed by atoms with Crippen molar-refractivity contribution in [1.29, 1.82) is 0 Å². The van der Waals surface area contributed by atoms with E-state index in [-0.39, 0.29) is 11.5 Å². The maximum absolute atomic E-state index is 12.6. The SMILES string of the molecule is CC(C)(C)OC(=O)N1CC2(CCNCC2)c2cc(Br)ccc21. The Kier molecular flexibility index (Phi) is 3.98. The minimum Gasteiger partial charge on any atom is -0.443 e. The van der Waals surface area contributed by atoms with Crippen LogP contribution in [0.25, 0.3) is 0 Å². The summed E-state index contributed by atoms with van der Waals surface area (Å²) in [6, 6.07) is 6.20. The molecule has 3 rings (SSSR count). The standard InChI is InChI=1S/C17H23BrN2O2/c1-16(2,3)22-15(21)20-11-17(6-8-19-9-7-17)13-10-12(18)4-5-14(13)20/h4-5,10,19H,6-9,11H2,1-3H3. The second-order valence-corrected chi connectivity index (χ2v) is 8.17. The molecule has 1 saturated heterocycles. The summed E-state index contributed by atoms with van der Waals surface area (Å²) in [5, 5.41) is 3.42. The molecule has 1 N–H and O–H groups in total. The number of benzene rings is 1. The van der Waals surface area contributed by atoms with Crippen LogP contribution in [0.4, 0.5) is 10.5 Å². The molecule has 1 amide bonds. The van der Waals surface area contributed by atoms with Crippen molar-refractivity contribution in [2.24, 2.45) is 0 Å². The van der Waals surface area contributed by atoms with Gasteiger partial charge in [0.1, 0.15) is 5.60 Å². The van der Waals surface area contributed by atoms with Gasteiger partial charge in [-0.25, -0.2) is 4.79 Å². The number of anilines is 1. The van der Waals surface area contributed by atoms with Gasteiger partial charge >= 0.3 is 6.09 Å². The third-order valence-corrected chi connectivity index (χ3v) is 4.95. The van der Waals surface area contributed by atoms with E-state index in [1.165, 1.54) is 5.56 Å². The topological polar surface area (TPSA) is 41.6 Å². The summed E-state index contributed by atoms with van der Waals surface area (Å²) in [5.41, 5.74) is 1.85. The highest BCUT2D eigenvalue weighted by molar-refractivity contribution is 9.10. The molecule has 1 aromatic carbocycles. The Morgan fingerprint density at radius 3 is 2.64 bits per heavy atom. The molecule has 1 spiro atoms. The number of halogens is 1. The van der Waals surface area contributed by atoms with Gasteiger partial charge in [0.15, 0.2) is 0 Å². The molecule has 120 valence electrons. The maximum atomic E-state index is 12.6. The number of rotatable bonds is 0. The largest absolute Gasteiger partial charge is 0.443 e. The Labute approximate surface area is 140 Å². The van der Waals surface area contributed by atoms with Crippen LogP contribution in [0, 0.1) is 0 Å². The van der Waals surface area contributed by atoms with Gasteiger partial charge in [-0.2, -0.15) is 0 Å². The van der Waals surface area contributed by atoms with Gasteiger partial charge in [-0.15, -0.1) is 0 Å². The van der Waals surface area contributed by atoms with Crippen molar-refractivity contribution in [2.75, 3.05) is 24.5 Å². The molecule has 0 aromatic heterocycles. The molecular formula is C17H23BrN2O2. The second kappa shape index (κ2) is 5.53. The number of hydrogen-bond donors (Lipinski definition) is 1. The van der Waals surface area contributed by atoms with E-state index < -0.39 is 5.60 Å². The first-order valence-electron chi connectivity index (χ1n) is 7.82. The molecule has 0 saturated carbocycles. The lowest BCUT2D eigenvalue weighted by Gasteiger charge is -2.34. The molecule has 2 aliphatic rings. The zero-order chi connectivity index (χ0) is 16.0. The Bertz CT molecular complexity index is 589. The van der Waals surface area contributed by atoms with Gasteiger partial charge < -0.3 is 10.1 Å². The van der Waals surface area contributed by atoms with E-state index in [9.17, 15) is 4.79 Å². The fourth-order valence-electron chi connectivity index (χ4n) is 3.45. The van der Waals surface area contributed by atoms with Crippen LogP contribution in [0.15, 0.2) is 22.7 Å². The average Bonchev–Trinajstić information content (AvgIpc) is 2.72. The number of ether oxygens (including phenoxy) is 1. The van der Waals surface area contributed by atoms with Crippen LogP contribution < -0.4 is 10.2 Å². The Morgan fingerprint density at radius 2 is 2.00 bits per heavy atom. The van der Waals surface area contributed by atoms with E-state index in [0.717, 1.165) is 42.6 Å². The predicted octanol–water partition coefficient (Wildman–Crippen LogP) is 3.83. The first kappa shape index (κ1) is 15.8. The van der Waals surface area contributed by atoms with Crippen molar-refractivity contribution in [1.82, 2.24) is 5.32 Å². The maximum Gasteiger partial charge on any atom is 0.414 e. The number of amides is 1. The summed E-state index contributed by atoms with van der Waals surface area (Å²) in [5.74, 6) is 0. The summed E-state index contributed by atoms with van der Waals surface area (Å²) in [6.45, 7) is 8.43. The Hall–Kier alpha value is -1.07. The van der Waals surface area contributed by atoms with Gasteiger partial charge in [0.25, 0.3) is 0 Å². The second-order valence-electron chi connectivity index (χ2n) is 7.26. The van der Waals surface area contributed by atoms with E-state index in [1.807, 2.05) is 37.8 Å². The summed E-state index contributed by atoms with van der Waals surface area (Å²) in [6.07, 6.45) is 1.86. The molecule has 22 heavy (non-hydrogen) atoms. The van der Waals surface area contributed by atoms with Crippen molar-refractivity contribution in [3.8, 4) is 0 Å². The molecule has 0 bridgehead atoms. The zero-order valence-corrected chi connectivity index (χ0v) is 15.0. The summed E-state index contributed by atoms with van der Waals surface area (Å²) >= 11 is 3.57. The van der Waals surface area contributed by atoms with Crippen LogP contribution in [-0.4, -0.2) is 31.3 Å². The fraction of sp³-hybridized carbons (Fsp3) is 0.588. The van der Waals surface area contributed by atoms with Crippen molar-refractivity contribution < 1.29 is 9.53 Å². The number of nitrogens with zero attached hydrogens (tertiary/aromatic N) is 1. The fourth-order valence-corrected chi connectivity index (χ4v) is 3.82. The van der Waals surface area contributed by atoms with Crippen molar-refractivity contribution >= 4 is 27.7 Å². The first-order valence-corrected chi connectivity index (χ1v) is 8.61. The van der Waals surface area contributed by atoms with Gasteiger partial charge in [-0.1, -0.05) is 15.9 Å². The molecule has 0 atom stereocenters. The average molecular weight is 367 g/mol.